The number of anilines is 1. The molecule has 6 nitrogen and oxygen atoms in total. The van der Waals surface area contributed by atoms with Crippen LogP contribution in [0.25, 0.3) is 11.3 Å². The summed E-state index contributed by atoms with van der Waals surface area (Å²) in [4.78, 5) is 16.9. The summed E-state index contributed by atoms with van der Waals surface area (Å²) in [6.07, 6.45) is -1.24. The summed E-state index contributed by atoms with van der Waals surface area (Å²) >= 11 is 0. The van der Waals surface area contributed by atoms with Crippen molar-refractivity contribution in [2.45, 2.75) is 31.2 Å². The lowest BCUT2D eigenvalue weighted by Crippen LogP contribution is -2.50. The zero-order chi connectivity index (χ0) is 23.6. The molecular formula is C24H22F3N3O3. The van der Waals surface area contributed by atoms with Gasteiger partial charge in [0, 0.05) is 17.2 Å². The van der Waals surface area contributed by atoms with Crippen molar-refractivity contribution in [3.8, 4) is 22.8 Å². The highest BCUT2D eigenvalue weighted by atomic mass is 19.4. The van der Waals surface area contributed by atoms with Gasteiger partial charge in [0.1, 0.15) is 11.5 Å². The van der Waals surface area contributed by atoms with Crippen molar-refractivity contribution in [1.29, 1.82) is 0 Å². The number of aromatic nitrogens is 1. The molecule has 1 fully saturated rings. The number of halogens is 3. The first-order valence-electron chi connectivity index (χ1n) is 10.3. The summed E-state index contributed by atoms with van der Waals surface area (Å²) in [5.41, 5.74) is 7.97. The number of rotatable bonds is 6. The summed E-state index contributed by atoms with van der Waals surface area (Å²) in [5, 5.41) is 3.16. The van der Waals surface area contributed by atoms with E-state index >= 15 is 0 Å². The van der Waals surface area contributed by atoms with Crippen LogP contribution in [0.4, 0.5) is 18.9 Å². The first kappa shape index (κ1) is 22.4. The first-order valence-corrected chi connectivity index (χ1v) is 10.3. The molecule has 1 aliphatic rings. The molecule has 172 valence electrons. The molecule has 3 aromatic rings. The Balaban J connectivity index is 1.52. The van der Waals surface area contributed by atoms with Gasteiger partial charge in [0.15, 0.2) is 0 Å². The highest BCUT2D eigenvalue weighted by Gasteiger charge is 2.40. The van der Waals surface area contributed by atoms with E-state index in [4.69, 9.17) is 10.5 Å². The number of nitrogens with one attached hydrogen (secondary N) is 1. The average Bonchev–Trinajstić information content (AvgIpc) is 2.75. The molecule has 0 unspecified atom stereocenters. The molecule has 0 bridgehead atoms. The largest absolute Gasteiger partial charge is 0.573 e. The molecule has 1 saturated carbocycles. The van der Waals surface area contributed by atoms with E-state index in [1.807, 2.05) is 12.1 Å². The average molecular weight is 457 g/mol. The maximum absolute atomic E-state index is 12.8. The number of methoxy groups -OCH3 is 1. The Labute approximate surface area is 188 Å². The predicted molar refractivity (Wildman–Crippen MR) is 117 cm³/mol. The predicted octanol–water partition coefficient (Wildman–Crippen LogP) is 5.05. The first-order chi connectivity index (χ1) is 15.7. The summed E-state index contributed by atoms with van der Waals surface area (Å²) in [7, 11) is 1.57. The molecule has 0 aliphatic heterocycles. The van der Waals surface area contributed by atoms with Gasteiger partial charge < -0.3 is 20.5 Å². The fraction of sp³-hybridized carbons (Fsp3) is 0.250. The van der Waals surface area contributed by atoms with Crippen LogP contribution in [0.5, 0.6) is 11.5 Å². The second kappa shape index (κ2) is 8.65. The minimum absolute atomic E-state index is 0.0654. The smallest absolute Gasteiger partial charge is 0.497 e. The second-order valence-corrected chi connectivity index (χ2v) is 7.85. The third-order valence-electron chi connectivity index (χ3n) is 5.75. The zero-order valence-electron chi connectivity index (χ0n) is 17.8. The van der Waals surface area contributed by atoms with E-state index in [9.17, 15) is 18.0 Å². The fourth-order valence-corrected chi connectivity index (χ4v) is 3.89. The van der Waals surface area contributed by atoms with E-state index in [2.05, 4.69) is 15.0 Å². The maximum atomic E-state index is 12.8. The monoisotopic (exact) mass is 457 g/mol. The highest BCUT2D eigenvalue weighted by molar-refractivity contribution is 5.95. The van der Waals surface area contributed by atoms with Crippen LogP contribution in [-0.2, 0) is 5.54 Å². The Morgan fingerprint density at radius 3 is 2.24 bits per heavy atom. The number of amides is 1. The van der Waals surface area contributed by atoms with Crippen molar-refractivity contribution >= 4 is 11.6 Å². The van der Waals surface area contributed by atoms with Gasteiger partial charge in [-0.25, -0.2) is 0 Å². The molecule has 0 saturated heterocycles. The van der Waals surface area contributed by atoms with Crippen molar-refractivity contribution in [3.05, 3.63) is 71.9 Å². The van der Waals surface area contributed by atoms with Gasteiger partial charge in [-0.3, -0.25) is 9.78 Å². The Bertz CT molecular complexity index is 1140. The number of hydrogen-bond donors (Lipinski definition) is 2. The SMILES string of the molecule is COc1ccc(C(=O)NC2(c3ccc(-c4ncc(OC(F)(F)F)cc4N)cc3)CCC2)cc1. The lowest BCUT2D eigenvalue weighted by Gasteiger charge is -2.43. The van der Waals surface area contributed by atoms with Gasteiger partial charge in [0.05, 0.1) is 30.2 Å². The van der Waals surface area contributed by atoms with Crippen LogP contribution in [0.3, 0.4) is 0 Å². The van der Waals surface area contributed by atoms with Crippen molar-refractivity contribution in [2.24, 2.45) is 0 Å². The van der Waals surface area contributed by atoms with Gasteiger partial charge in [-0.1, -0.05) is 24.3 Å². The van der Waals surface area contributed by atoms with E-state index < -0.39 is 17.7 Å². The second-order valence-electron chi connectivity index (χ2n) is 7.85. The Morgan fingerprint density at radius 1 is 1.06 bits per heavy atom. The van der Waals surface area contributed by atoms with E-state index in [0.717, 1.165) is 37.1 Å². The van der Waals surface area contributed by atoms with Gasteiger partial charge in [-0.2, -0.15) is 0 Å². The minimum Gasteiger partial charge on any atom is -0.497 e. The van der Waals surface area contributed by atoms with Crippen molar-refractivity contribution in [1.82, 2.24) is 10.3 Å². The summed E-state index contributed by atoms with van der Waals surface area (Å²) in [6, 6.07) is 15.3. The number of carbonyl (C=O) groups excluding carboxylic acids is 1. The number of carbonyl (C=O) groups is 1. The third kappa shape index (κ3) is 4.87. The molecule has 1 aliphatic carbocycles. The van der Waals surface area contributed by atoms with E-state index in [1.165, 1.54) is 0 Å². The van der Waals surface area contributed by atoms with Gasteiger partial charge >= 0.3 is 6.36 Å². The minimum atomic E-state index is -4.81. The molecule has 33 heavy (non-hydrogen) atoms. The number of pyridine rings is 1. The topological polar surface area (TPSA) is 86.5 Å². The zero-order valence-corrected chi connectivity index (χ0v) is 17.8. The molecule has 0 radical (unpaired) electrons. The number of nitrogens with two attached hydrogens (primary N) is 1. The van der Waals surface area contributed by atoms with Crippen LogP contribution >= 0.6 is 0 Å². The number of nitrogen functional groups attached to an aromatic ring is 1. The molecule has 2 aromatic carbocycles. The van der Waals surface area contributed by atoms with Crippen LogP contribution in [0.2, 0.25) is 0 Å². The lowest BCUT2D eigenvalue weighted by molar-refractivity contribution is -0.274. The standard InChI is InChI=1S/C24H22F3N3O3/c1-32-18-9-5-16(6-10-18)22(31)30-23(11-2-12-23)17-7-3-15(4-8-17)21-20(28)13-19(14-29-21)33-24(25,26)27/h3-10,13-14H,2,11-12,28H2,1H3,(H,30,31). The lowest BCUT2D eigenvalue weighted by atomic mass is 9.71. The van der Waals surface area contributed by atoms with Crippen molar-refractivity contribution in [2.75, 3.05) is 12.8 Å². The van der Waals surface area contributed by atoms with Crippen LogP contribution in [0.15, 0.2) is 60.8 Å². The summed E-state index contributed by atoms with van der Waals surface area (Å²) < 4.78 is 46.2. The van der Waals surface area contributed by atoms with Crippen LogP contribution < -0.4 is 20.5 Å². The normalized spacial score (nSPS) is 14.8. The Hall–Kier alpha value is -3.75. The van der Waals surface area contributed by atoms with Crippen molar-refractivity contribution < 1.29 is 27.4 Å². The Kier molecular flexibility index (Phi) is 5.88. The fourth-order valence-electron chi connectivity index (χ4n) is 3.89. The Morgan fingerprint density at radius 2 is 1.73 bits per heavy atom. The van der Waals surface area contributed by atoms with Crippen LogP contribution in [0.1, 0.15) is 35.2 Å². The van der Waals surface area contributed by atoms with E-state index in [0.29, 0.717) is 22.6 Å². The van der Waals surface area contributed by atoms with Gasteiger partial charge in [0.2, 0.25) is 0 Å². The van der Waals surface area contributed by atoms with Gasteiger partial charge in [-0.05, 0) is 49.1 Å². The molecule has 9 heteroatoms. The third-order valence-corrected chi connectivity index (χ3v) is 5.75. The maximum Gasteiger partial charge on any atom is 0.573 e. The molecule has 0 atom stereocenters. The highest BCUT2D eigenvalue weighted by Crippen LogP contribution is 2.42. The molecule has 4 rings (SSSR count). The molecule has 1 aromatic heterocycles. The van der Waals surface area contributed by atoms with Gasteiger partial charge in [0.25, 0.3) is 5.91 Å². The molecule has 1 amide bonds. The number of alkyl halides is 3. The van der Waals surface area contributed by atoms with E-state index in [1.54, 1.807) is 43.5 Å². The van der Waals surface area contributed by atoms with Crippen LogP contribution in [-0.4, -0.2) is 24.4 Å². The molecule has 3 N–H and O–H groups in total. The van der Waals surface area contributed by atoms with E-state index in [-0.39, 0.29) is 11.6 Å². The number of nitrogens with zero attached hydrogens (tertiary/aromatic N) is 1. The van der Waals surface area contributed by atoms with Crippen molar-refractivity contribution in [3.63, 3.8) is 0 Å². The summed E-state index contributed by atoms with van der Waals surface area (Å²) in [5.74, 6) is 0.0222. The number of benzene rings is 2. The summed E-state index contributed by atoms with van der Waals surface area (Å²) in [6.45, 7) is 0. The molecular weight excluding hydrogens is 435 g/mol. The number of hydrogen-bond acceptors (Lipinski definition) is 5. The quantitative estimate of drug-likeness (QED) is 0.541. The molecule has 0 spiro atoms. The van der Waals surface area contributed by atoms with Gasteiger partial charge in [-0.15, -0.1) is 13.2 Å². The number of ether oxygens (including phenoxy) is 2. The molecule has 1 heterocycles. The van der Waals surface area contributed by atoms with Crippen LogP contribution in [0, 0.1) is 0 Å².